The molecular weight excluding hydrogens is 538 g/mol. The number of halogens is 2. The van der Waals surface area contributed by atoms with Gasteiger partial charge in [0.05, 0.1) is 16.8 Å². The number of anilines is 1. The van der Waals surface area contributed by atoms with Crippen LogP contribution in [-0.2, 0) is 4.79 Å². The quantitative estimate of drug-likeness (QED) is 0.321. The fraction of sp³-hybridized carbons (Fsp3) is 0.344. The monoisotopic (exact) mass is 570 g/mol. The van der Waals surface area contributed by atoms with Crippen LogP contribution >= 0.6 is 0 Å². The summed E-state index contributed by atoms with van der Waals surface area (Å²) in [6.07, 6.45) is 1.67. The van der Waals surface area contributed by atoms with Gasteiger partial charge in [-0.15, -0.1) is 0 Å². The first-order chi connectivity index (χ1) is 20.0. The smallest absolute Gasteiger partial charge is 0.349 e. The lowest BCUT2D eigenvalue weighted by Crippen LogP contribution is -2.58. The molecule has 2 unspecified atom stereocenters. The topological polar surface area (TPSA) is 84.2 Å². The molecule has 4 aromatic rings. The second kappa shape index (κ2) is 11.3. The van der Waals surface area contributed by atoms with Gasteiger partial charge in [-0.1, -0.05) is 31.9 Å². The summed E-state index contributed by atoms with van der Waals surface area (Å²) in [6.45, 7) is 11.9. The fourth-order valence-electron chi connectivity index (χ4n) is 5.54. The van der Waals surface area contributed by atoms with Crippen molar-refractivity contribution in [1.82, 2.24) is 24.4 Å². The van der Waals surface area contributed by atoms with E-state index in [-0.39, 0.29) is 52.0 Å². The highest BCUT2D eigenvalue weighted by molar-refractivity contribution is 5.94. The summed E-state index contributed by atoms with van der Waals surface area (Å²) in [4.78, 5) is 43.8. The first kappa shape index (κ1) is 28.9. The number of carbonyl (C=O) groups is 1. The van der Waals surface area contributed by atoms with Gasteiger partial charge in [0.2, 0.25) is 0 Å². The van der Waals surface area contributed by atoms with Crippen LogP contribution in [-0.4, -0.2) is 55.5 Å². The highest BCUT2D eigenvalue weighted by Crippen LogP contribution is 2.34. The summed E-state index contributed by atoms with van der Waals surface area (Å²) in [5.41, 5.74) is 1.20. The minimum Gasteiger partial charge on any atom is -0.349 e. The zero-order valence-electron chi connectivity index (χ0n) is 24.4. The number of benzene rings is 1. The average Bonchev–Trinajstić information content (AvgIpc) is 2.94. The number of rotatable bonds is 4. The van der Waals surface area contributed by atoms with Gasteiger partial charge in [0.15, 0.2) is 5.65 Å². The predicted molar refractivity (Wildman–Crippen MR) is 159 cm³/mol. The molecule has 1 fully saturated rings. The Morgan fingerprint density at radius 1 is 1.05 bits per heavy atom. The minimum absolute atomic E-state index is 0.0209. The van der Waals surface area contributed by atoms with Gasteiger partial charge >= 0.3 is 5.69 Å². The SMILES string of the molecule is CC#CC(=O)N1CC(C)N(c2nc(=O)n(-c3c(C)ccnc3C(C)C)c3nc(-c4ccccc4F)c(F)cc23)CC1C. The Morgan fingerprint density at radius 2 is 1.79 bits per heavy atom. The number of hydrogen-bond donors (Lipinski definition) is 0. The number of pyridine rings is 2. The summed E-state index contributed by atoms with van der Waals surface area (Å²) < 4.78 is 32.1. The van der Waals surface area contributed by atoms with Crippen LogP contribution in [0, 0.1) is 30.4 Å². The van der Waals surface area contributed by atoms with Crippen molar-refractivity contribution in [1.29, 1.82) is 0 Å². The van der Waals surface area contributed by atoms with Gasteiger partial charge in [-0.2, -0.15) is 4.98 Å². The van der Waals surface area contributed by atoms with Crippen LogP contribution in [0.5, 0.6) is 0 Å². The van der Waals surface area contributed by atoms with Crippen molar-refractivity contribution >= 4 is 22.8 Å². The van der Waals surface area contributed by atoms with Gasteiger partial charge in [0.25, 0.3) is 5.91 Å². The van der Waals surface area contributed by atoms with Crippen LogP contribution in [0.1, 0.15) is 51.8 Å². The molecule has 4 heterocycles. The largest absolute Gasteiger partial charge is 0.355 e. The third kappa shape index (κ3) is 5.00. The number of aromatic nitrogens is 4. The molecule has 1 saturated heterocycles. The van der Waals surface area contributed by atoms with Crippen LogP contribution in [0.15, 0.2) is 47.4 Å². The molecule has 0 spiro atoms. The number of carbonyl (C=O) groups excluding carboxylic acids is 1. The highest BCUT2D eigenvalue weighted by atomic mass is 19.1. The molecule has 1 aromatic carbocycles. The number of piperazine rings is 1. The van der Waals surface area contributed by atoms with E-state index in [1.54, 1.807) is 30.2 Å². The predicted octanol–water partition coefficient (Wildman–Crippen LogP) is 5.00. The first-order valence-electron chi connectivity index (χ1n) is 13.9. The van der Waals surface area contributed by atoms with Crippen molar-refractivity contribution in [3.05, 3.63) is 76.0 Å². The van der Waals surface area contributed by atoms with Crippen LogP contribution in [0.4, 0.5) is 14.6 Å². The number of amides is 1. The summed E-state index contributed by atoms with van der Waals surface area (Å²) >= 11 is 0. The van der Waals surface area contributed by atoms with E-state index in [1.807, 2.05) is 39.5 Å². The summed E-state index contributed by atoms with van der Waals surface area (Å²) in [6, 6.07) is 8.33. The molecule has 0 aliphatic carbocycles. The third-order valence-electron chi connectivity index (χ3n) is 7.61. The standard InChI is InChI=1S/C32H32F2N6O2/c1-7-10-26(41)38-16-21(6)39(17-20(38)5)30-23-15-25(34)28(22-11-8-9-12-24(22)33)36-31(23)40(32(42)37-30)29-19(4)13-14-35-27(29)18(2)3/h8-9,11-15,18,20-21H,16-17H2,1-6H3. The molecule has 3 aromatic heterocycles. The van der Waals surface area contributed by atoms with Crippen LogP contribution < -0.4 is 10.6 Å². The Hall–Kier alpha value is -4.65. The zero-order chi connectivity index (χ0) is 30.3. The fourth-order valence-corrected chi connectivity index (χ4v) is 5.54. The molecule has 10 heteroatoms. The highest BCUT2D eigenvalue weighted by Gasteiger charge is 2.34. The molecule has 1 amide bonds. The number of aryl methyl sites for hydroxylation is 1. The molecule has 1 aliphatic rings. The van der Waals surface area contributed by atoms with Crippen molar-refractivity contribution in [3.63, 3.8) is 0 Å². The summed E-state index contributed by atoms with van der Waals surface area (Å²) in [5, 5.41) is 0.289. The Morgan fingerprint density at radius 3 is 2.48 bits per heavy atom. The lowest BCUT2D eigenvalue weighted by Gasteiger charge is -2.44. The van der Waals surface area contributed by atoms with Gasteiger partial charge in [-0.25, -0.2) is 23.1 Å². The molecule has 0 saturated carbocycles. The Bertz CT molecular complexity index is 1820. The van der Waals surface area contributed by atoms with Crippen molar-refractivity contribution in [2.75, 3.05) is 18.0 Å². The van der Waals surface area contributed by atoms with Crippen molar-refractivity contribution in [3.8, 4) is 28.8 Å². The second-order valence-corrected chi connectivity index (χ2v) is 10.9. The van der Waals surface area contributed by atoms with E-state index in [2.05, 4.69) is 26.8 Å². The molecular formula is C32H32F2N6O2. The van der Waals surface area contributed by atoms with Gasteiger partial charge in [0, 0.05) is 36.9 Å². The van der Waals surface area contributed by atoms with Crippen molar-refractivity contribution in [2.24, 2.45) is 0 Å². The molecule has 5 rings (SSSR count). The molecule has 0 bridgehead atoms. The van der Waals surface area contributed by atoms with Gasteiger partial charge in [0.1, 0.15) is 23.1 Å². The number of hydrogen-bond acceptors (Lipinski definition) is 6. The molecule has 42 heavy (non-hydrogen) atoms. The third-order valence-corrected chi connectivity index (χ3v) is 7.61. The Balaban J connectivity index is 1.80. The Labute approximate surface area is 243 Å². The Kier molecular flexibility index (Phi) is 7.78. The van der Waals surface area contributed by atoms with Crippen molar-refractivity contribution in [2.45, 2.75) is 59.5 Å². The van der Waals surface area contributed by atoms with Gasteiger partial charge < -0.3 is 9.80 Å². The van der Waals surface area contributed by atoms with Crippen LogP contribution in [0.25, 0.3) is 28.0 Å². The van der Waals surface area contributed by atoms with Crippen molar-refractivity contribution < 1.29 is 13.6 Å². The van der Waals surface area contributed by atoms with Crippen LogP contribution in [0.2, 0.25) is 0 Å². The average molecular weight is 571 g/mol. The number of fused-ring (bicyclic) bond motifs is 1. The van der Waals surface area contributed by atoms with E-state index in [0.29, 0.717) is 24.5 Å². The maximum Gasteiger partial charge on any atom is 0.355 e. The summed E-state index contributed by atoms with van der Waals surface area (Å²) in [7, 11) is 0. The summed E-state index contributed by atoms with van der Waals surface area (Å²) in [5.74, 6) is 3.78. The number of nitrogens with zero attached hydrogens (tertiary/aromatic N) is 6. The van der Waals surface area contributed by atoms with Crippen LogP contribution in [0.3, 0.4) is 0 Å². The lowest BCUT2D eigenvalue weighted by molar-refractivity contribution is -0.127. The van der Waals surface area contributed by atoms with E-state index in [4.69, 9.17) is 0 Å². The molecule has 2 atom stereocenters. The second-order valence-electron chi connectivity index (χ2n) is 10.9. The molecule has 1 aliphatic heterocycles. The van der Waals surface area contributed by atoms with E-state index in [9.17, 15) is 14.0 Å². The molecule has 0 N–H and O–H groups in total. The van der Waals surface area contributed by atoms with E-state index in [0.717, 1.165) is 5.56 Å². The van der Waals surface area contributed by atoms with E-state index >= 15 is 4.39 Å². The zero-order valence-corrected chi connectivity index (χ0v) is 24.4. The van der Waals surface area contributed by atoms with Gasteiger partial charge in [-0.05, 0) is 69.4 Å². The minimum atomic E-state index is -0.749. The maximum atomic E-state index is 15.8. The molecule has 216 valence electrons. The van der Waals surface area contributed by atoms with E-state index < -0.39 is 17.3 Å². The lowest BCUT2D eigenvalue weighted by atomic mass is 10.0. The molecule has 8 nitrogen and oxygen atoms in total. The van der Waals surface area contributed by atoms with E-state index in [1.165, 1.54) is 28.8 Å². The maximum absolute atomic E-state index is 15.8. The van der Waals surface area contributed by atoms with Gasteiger partial charge in [-0.3, -0.25) is 9.78 Å². The normalized spacial score (nSPS) is 17.0. The first-order valence-corrected chi connectivity index (χ1v) is 13.9. The molecule has 0 radical (unpaired) electrons.